The summed E-state index contributed by atoms with van der Waals surface area (Å²) in [6, 6.07) is 7.34. The van der Waals surface area contributed by atoms with Crippen LogP contribution in [-0.4, -0.2) is 0 Å². The van der Waals surface area contributed by atoms with Crippen LogP contribution in [0.4, 0.5) is 0 Å². The summed E-state index contributed by atoms with van der Waals surface area (Å²) in [5.74, 6) is 0.666. The van der Waals surface area contributed by atoms with E-state index in [1.54, 1.807) is 23.3 Å². The monoisotopic (exact) mass is 530 g/mol. The van der Waals surface area contributed by atoms with Crippen molar-refractivity contribution in [1.29, 1.82) is 0 Å². The number of halogens is 2. The Morgan fingerprint density at radius 2 is 1.52 bits per heavy atom. The quantitative estimate of drug-likeness (QED) is 0.474. The summed E-state index contributed by atoms with van der Waals surface area (Å²) in [7, 11) is 0. The molecule has 164 valence electrons. The smallest absolute Gasteiger partial charge is 1.00 e. The van der Waals surface area contributed by atoms with Gasteiger partial charge >= 0.3 is 190 Å². The Hall–Kier alpha value is -0.617. The molecule has 0 bridgehead atoms. The number of hydrogen-bond donors (Lipinski definition) is 0. The maximum Gasteiger partial charge on any atom is -1.00 e. The second-order valence-electron chi connectivity index (χ2n) is 10.1. The SMILES string of the molecule is CCC1C=C(C(C)(C)C)C=[C]1[Zr+2][c]1c(C)c(C)cc2c1Cc1cc(C)c(C)cc1-2.[Cl-].[Cl-]. The van der Waals surface area contributed by atoms with Gasteiger partial charge in [0.25, 0.3) is 0 Å². The van der Waals surface area contributed by atoms with Crippen LogP contribution in [0, 0.1) is 39.0 Å². The van der Waals surface area contributed by atoms with Gasteiger partial charge in [-0.2, -0.15) is 0 Å². The standard InChI is InChI=1S/C17H17.C11H17.2ClH.Zr/c1-10-5-14-9-15-6-11(2)13(4)8-17(15)16(14)7-12(10)3;1-5-9-6-7-10(8-9)11(2,3)4;;;/h5,7-8H,9H2,1-4H3;7-9H,5H2,1-4H3;2*1H;/q;;;;+2/p-2. The van der Waals surface area contributed by atoms with Crippen LogP contribution in [0.15, 0.2) is 39.2 Å². The fraction of sp³-hybridized carbons (Fsp3) is 0.429. The Balaban J connectivity index is 0.00000171. The predicted octanol–water partition coefficient (Wildman–Crippen LogP) is 1.10. The van der Waals surface area contributed by atoms with Crippen molar-refractivity contribution in [1.82, 2.24) is 0 Å². The molecule has 0 amide bonds. The molecule has 0 N–H and O–H groups in total. The van der Waals surface area contributed by atoms with Crippen LogP contribution in [0.1, 0.15) is 67.5 Å². The van der Waals surface area contributed by atoms with Crippen molar-refractivity contribution in [2.75, 3.05) is 0 Å². The van der Waals surface area contributed by atoms with Crippen LogP contribution in [0.25, 0.3) is 11.1 Å². The first-order valence-electron chi connectivity index (χ1n) is 11.0. The third-order valence-electron chi connectivity index (χ3n) is 7.00. The number of benzene rings is 2. The molecule has 0 heterocycles. The van der Waals surface area contributed by atoms with Crippen LogP contribution in [0.3, 0.4) is 0 Å². The first-order chi connectivity index (χ1) is 13.6. The molecule has 1 atom stereocenters. The summed E-state index contributed by atoms with van der Waals surface area (Å²) in [6.07, 6.45) is 7.53. The zero-order valence-corrected chi connectivity index (χ0v) is 24.1. The molecular formula is C28H34Cl2Zr. The average Bonchev–Trinajstić information content (AvgIpc) is 3.21. The van der Waals surface area contributed by atoms with Crippen molar-refractivity contribution in [2.24, 2.45) is 11.3 Å². The van der Waals surface area contributed by atoms with E-state index in [9.17, 15) is 0 Å². The largest absolute Gasteiger partial charge is 1.00 e. The molecule has 0 fully saturated rings. The number of rotatable bonds is 3. The molecule has 0 nitrogen and oxygen atoms in total. The zero-order chi connectivity index (χ0) is 21.1. The molecule has 3 heteroatoms. The maximum absolute atomic E-state index is 2.59. The van der Waals surface area contributed by atoms with E-state index >= 15 is 0 Å². The third-order valence-corrected chi connectivity index (χ3v) is 11.3. The number of allylic oxidation sites excluding steroid dienone is 4. The molecule has 0 saturated heterocycles. The van der Waals surface area contributed by atoms with E-state index in [2.05, 4.69) is 85.7 Å². The van der Waals surface area contributed by atoms with Gasteiger partial charge < -0.3 is 24.8 Å². The number of fused-ring (bicyclic) bond motifs is 3. The number of hydrogen-bond acceptors (Lipinski definition) is 0. The molecule has 2 aliphatic rings. The summed E-state index contributed by atoms with van der Waals surface area (Å²) >= 11 is -0.833. The van der Waals surface area contributed by atoms with Crippen molar-refractivity contribution in [3.05, 3.63) is 72.6 Å². The summed E-state index contributed by atoms with van der Waals surface area (Å²) in [5.41, 5.74) is 13.9. The van der Waals surface area contributed by atoms with Gasteiger partial charge in [0.1, 0.15) is 0 Å². The van der Waals surface area contributed by atoms with Crippen LogP contribution in [-0.2, 0) is 29.7 Å². The summed E-state index contributed by atoms with van der Waals surface area (Å²) in [4.78, 5) is 0. The van der Waals surface area contributed by atoms with Gasteiger partial charge in [0.15, 0.2) is 0 Å². The predicted molar refractivity (Wildman–Crippen MR) is 123 cm³/mol. The fourth-order valence-corrected chi connectivity index (χ4v) is 9.03. The minimum absolute atomic E-state index is 0. The van der Waals surface area contributed by atoms with Gasteiger partial charge in [-0.1, -0.05) is 0 Å². The van der Waals surface area contributed by atoms with Gasteiger partial charge in [0.05, 0.1) is 0 Å². The van der Waals surface area contributed by atoms with E-state index in [0.717, 1.165) is 6.42 Å². The van der Waals surface area contributed by atoms with E-state index in [4.69, 9.17) is 0 Å². The van der Waals surface area contributed by atoms with Gasteiger partial charge in [0.2, 0.25) is 0 Å². The molecule has 0 saturated carbocycles. The molecule has 0 radical (unpaired) electrons. The van der Waals surface area contributed by atoms with E-state index in [1.807, 2.05) is 0 Å². The Bertz CT molecular complexity index is 1070. The molecule has 4 rings (SSSR count). The molecular weight excluding hydrogens is 498 g/mol. The summed E-state index contributed by atoms with van der Waals surface area (Å²) in [6.45, 7) is 18.6. The molecule has 0 aliphatic heterocycles. The third kappa shape index (κ3) is 4.85. The van der Waals surface area contributed by atoms with Crippen LogP contribution < -0.4 is 28.1 Å². The van der Waals surface area contributed by atoms with Gasteiger partial charge in [-0.3, -0.25) is 0 Å². The van der Waals surface area contributed by atoms with Crippen molar-refractivity contribution in [3.63, 3.8) is 0 Å². The maximum atomic E-state index is 2.59. The minimum atomic E-state index is -0.833. The minimum Gasteiger partial charge on any atom is -1.00 e. The first-order valence-corrected chi connectivity index (χ1v) is 13.5. The molecule has 1 unspecified atom stereocenters. The van der Waals surface area contributed by atoms with Gasteiger partial charge in [-0.05, 0) is 0 Å². The van der Waals surface area contributed by atoms with Crippen molar-refractivity contribution < 1.29 is 48.0 Å². The molecule has 2 aromatic rings. The first kappa shape index (κ1) is 26.6. The Morgan fingerprint density at radius 3 is 2.13 bits per heavy atom. The van der Waals surface area contributed by atoms with Crippen LogP contribution in [0.2, 0.25) is 0 Å². The van der Waals surface area contributed by atoms with E-state index in [-0.39, 0.29) is 30.2 Å². The molecule has 2 aromatic carbocycles. The fourth-order valence-electron chi connectivity index (χ4n) is 4.73. The molecule has 0 spiro atoms. The van der Waals surface area contributed by atoms with Crippen LogP contribution in [0.5, 0.6) is 0 Å². The van der Waals surface area contributed by atoms with Gasteiger partial charge in [-0.25, -0.2) is 0 Å². The summed E-state index contributed by atoms with van der Waals surface area (Å²) < 4.78 is 3.53. The van der Waals surface area contributed by atoms with Gasteiger partial charge in [-0.15, -0.1) is 0 Å². The van der Waals surface area contributed by atoms with E-state index in [1.165, 1.54) is 39.8 Å². The zero-order valence-electron chi connectivity index (χ0n) is 20.1. The van der Waals surface area contributed by atoms with Gasteiger partial charge in [0, 0.05) is 0 Å². The Labute approximate surface area is 213 Å². The summed E-state index contributed by atoms with van der Waals surface area (Å²) in [5, 5.41) is 0. The van der Waals surface area contributed by atoms with Crippen molar-refractivity contribution >= 4 is 3.27 Å². The average molecular weight is 533 g/mol. The second kappa shape index (κ2) is 9.71. The molecule has 31 heavy (non-hydrogen) atoms. The topological polar surface area (TPSA) is 0 Å². The molecule has 2 aliphatic carbocycles. The molecule has 0 aromatic heterocycles. The Morgan fingerprint density at radius 1 is 0.903 bits per heavy atom. The van der Waals surface area contributed by atoms with E-state index < -0.39 is 23.2 Å². The second-order valence-corrected chi connectivity index (χ2v) is 13.4. The van der Waals surface area contributed by atoms with Crippen molar-refractivity contribution in [3.8, 4) is 11.1 Å². The van der Waals surface area contributed by atoms with E-state index in [0.29, 0.717) is 5.92 Å². The number of aryl methyl sites for hydroxylation is 3. The normalized spacial score (nSPS) is 16.5. The van der Waals surface area contributed by atoms with Crippen LogP contribution >= 0.6 is 0 Å². The Kier molecular flexibility index (Phi) is 8.34. The van der Waals surface area contributed by atoms with Crippen molar-refractivity contribution in [2.45, 2.75) is 68.2 Å².